The summed E-state index contributed by atoms with van der Waals surface area (Å²) in [5.41, 5.74) is -0.340. The topological polar surface area (TPSA) is 105 Å². The van der Waals surface area contributed by atoms with Crippen molar-refractivity contribution < 1.29 is 22.7 Å². The number of sulfonamides is 1. The number of hydrogen-bond acceptors (Lipinski definition) is 5. The molecule has 2 heterocycles. The molecular weight excluding hydrogens is 370 g/mol. The Morgan fingerprint density at radius 1 is 1.15 bits per heavy atom. The molecular formula is C18H25N3O5S. The molecule has 0 radical (unpaired) electrons. The molecule has 0 saturated carbocycles. The van der Waals surface area contributed by atoms with E-state index in [9.17, 15) is 18.0 Å². The van der Waals surface area contributed by atoms with Gasteiger partial charge < -0.3 is 10.1 Å². The standard InChI is InChI=1S/C18H25N3O5S/c1-17(2,3)12-5-6-13(26-4)14(11-12)27(24,25)21-9-7-18(8-10-21)15(22)19-16(23)20-18/h5-6,11H,7-10H2,1-4H3,(H2,19,20,22,23). The van der Waals surface area contributed by atoms with Crippen molar-refractivity contribution in [2.75, 3.05) is 20.2 Å². The molecule has 2 fully saturated rings. The third-order valence-corrected chi connectivity index (χ3v) is 7.16. The third-order valence-electron chi connectivity index (χ3n) is 5.24. The van der Waals surface area contributed by atoms with Crippen LogP contribution in [0.25, 0.3) is 0 Å². The number of carbonyl (C=O) groups excluding carboxylic acids is 2. The highest BCUT2D eigenvalue weighted by Gasteiger charge is 2.49. The zero-order valence-electron chi connectivity index (χ0n) is 16.0. The first-order valence-corrected chi connectivity index (χ1v) is 10.3. The Labute approximate surface area is 159 Å². The lowest BCUT2D eigenvalue weighted by Crippen LogP contribution is -2.55. The predicted molar refractivity (Wildman–Crippen MR) is 99.1 cm³/mol. The highest BCUT2D eigenvalue weighted by Crippen LogP contribution is 2.35. The Hall–Kier alpha value is -2.13. The molecule has 2 N–H and O–H groups in total. The number of benzene rings is 1. The van der Waals surface area contributed by atoms with Crippen LogP contribution < -0.4 is 15.4 Å². The van der Waals surface area contributed by atoms with Crippen LogP contribution in [0.4, 0.5) is 4.79 Å². The van der Waals surface area contributed by atoms with Gasteiger partial charge in [0.1, 0.15) is 16.2 Å². The molecule has 1 spiro atoms. The summed E-state index contributed by atoms with van der Waals surface area (Å²) in [6, 6.07) is 4.66. The van der Waals surface area contributed by atoms with Gasteiger partial charge in [0.15, 0.2) is 0 Å². The molecule has 1 aromatic rings. The molecule has 27 heavy (non-hydrogen) atoms. The Bertz CT molecular complexity index is 881. The lowest BCUT2D eigenvalue weighted by molar-refractivity contribution is -0.125. The van der Waals surface area contributed by atoms with Crippen LogP contribution in [0.5, 0.6) is 5.75 Å². The molecule has 3 amide bonds. The van der Waals surface area contributed by atoms with Gasteiger partial charge in [-0.25, -0.2) is 13.2 Å². The van der Waals surface area contributed by atoms with Gasteiger partial charge in [0.25, 0.3) is 5.91 Å². The van der Waals surface area contributed by atoms with Gasteiger partial charge in [0.05, 0.1) is 7.11 Å². The molecule has 2 aliphatic rings. The quantitative estimate of drug-likeness (QED) is 0.752. The number of imide groups is 1. The first-order chi connectivity index (χ1) is 12.5. The number of methoxy groups -OCH3 is 1. The zero-order valence-corrected chi connectivity index (χ0v) is 16.8. The van der Waals surface area contributed by atoms with E-state index >= 15 is 0 Å². The summed E-state index contributed by atoms with van der Waals surface area (Å²) < 4.78 is 33.1. The minimum Gasteiger partial charge on any atom is -0.495 e. The van der Waals surface area contributed by atoms with Crippen LogP contribution in [0.2, 0.25) is 0 Å². The molecule has 2 aliphatic heterocycles. The van der Waals surface area contributed by atoms with Gasteiger partial charge >= 0.3 is 6.03 Å². The minimum absolute atomic E-state index is 0.119. The number of piperidine rings is 1. The van der Waals surface area contributed by atoms with Gasteiger partial charge in [-0.15, -0.1) is 0 Å². The Kier molecular flexibility index (Phi) is 4.72. The number of amides is 3. The van der Waals surface area contributed by atoms with Gasteiger partial charge in [-0.1, -0.05) is 26.8 Å². The van der Waals surface area contributed by atoms with Crippen molar-refractivity contribution in [3.63, 3.8) is 0 Å². The second-order valence-electron chi connectivity index (χ2n) is 8.01. The van der Waals surface area contributed by atoms with Gasteiger partial charge in [-0.3, -0.25) is 10.1 Å². The van der Waals surface area contributed by atoms with Crippen molar-refractivity contribution >= 4 is 22.0 Å². The fourth-order valence-corrected chi connectivity index (χ4v) is 5.10. The second kappa shape index (κ2) is 6.49. The average molecular weight is 395 g/mol. The molecule has 8 nitrogen and oxygen atoms in total. The van der Waals surface area contributed by atoms with Crippen LogP contribution in [0.15, 0.2) is 23.1 Å². The lowest BCUT2D eigenvalue weighted by atomic mass is 9.87. The third kappa shape index (κ3) is 3.41. The summed E-state index contributed by atoms with van der Waals surface area (Å²) >= 11 is 0. The average Bonchev–Trinajstić information content (AvgIpc) is 2.87. The van der Waals surface area contributed by atoms with E-state index in [4.69, 9.17) is 4.74 Å². The van der Waals surface area contributed by atoms with Gasteiger partial charge in [0, 0.05) is 13.1 Å². The summed E-state index contributed by atoms with van der Waals surface area (Å²) in [6.07, 6.45) is 0.455. The number of carbonyl (C=O) groups is 2. The van der Waals surface area contributed by atoms with E-state index < -0.39 is 27.5 Å². The SMILES string of the molecule is COc1ccc(C(C)(C)C)cc1S(=O)(=O)N1CCC2(CC1)NC(=O)NC2=O. The van der Waals surface area contributed by atoms with Crippen molar-refractivity contribution in [1.82, 2.24) is 14.9 Å². The van der Waals surface area contributed by atoms with E-state index in [0.717, 1.165) is 5.56 Å². The highest BCUT2D eigenvalue weighted by atomic mass is 32.2. The van der Waals surface area contributed by atoms with Crippen molar-refractivity contribution in [2.45, 2.75) is 49.5 Å². The maximum atomic E-state index is 13.3. The number of urea groups is 1. The first-order valence-electron chi connectivity index (χ1n) is 8.82. The van der Waals surface area contributed by atoms with E-state index in [1.165, 1.54) is 11.4 Å². The van der Waals surface area contributed by atoms with Crippen molar-refractivity contribution in [2.24, 2.45) is 0 Å². The van der Waals surface area contributed by atoms with E-state index in [1.54, 1.807) is 12.1 Å². The van der Waals surface area contributed by atoms with Crippen LogP contribution in [0, 0.1) is 0 Å². The van der Waals surface area contributed by atoms with E-state index in [2.05, 4.69) is 10.6 Å². The monoisotopic (exact) mass is 395 g/mol. The maximum absolute atomic E-state index is 13.3. The van der Waals surface area contributed by atoms with Crippen molar-refractivity contribution in [3.05, 3.63) is 23.8 Å². The lowest BCUT2D eigenvalue weighted by Gasteiger charge is -2.36. The Morgan fingerprint density at radius 3 is 2.26 bits per heavy atom. The van der Waals surface area contributed by atoms with Gasteiger partial charge in [-0.05, 0) is 36.0 Å². The number of rotatable bonds is 3. The molecule has 3 rings (SSSR count). The molecule has 0 aliphatic carbocycles. The van der Waals surface area contributed by atoms with Crippen LogP contribution in [-0.2, 0) is 20.2 Å². The largest absolute Gasteiger partial charge is 0.495 e. The van der Waals surface area contributed by atoms with E-state index in [-0.39, 0.29) is 42.0 Å². The van der Waals surface area contributed by atoms with Crippen molar-refractivity contribution in [3.8, 4) is 5.75 Å². The Balaban J connectivity index is 1.90. The number of ether oxygens (including phenoxy) is 1. The number of hydrogen-bond donors (Lipinski definition) is 2. The van der Waals surface area contributed by atoms with Crippen LogP contribution in [0.1, 0.15) is 39.2 Å². The normalized spacial score (nSPS) is 20.4. The predicted octanol–water partition coefficient (Wildman–Crippen LogP) is 1.36. The molecule has 0 unspecified atom stereocenters. The Morgan fingerprint density at radius 2 is 1.78 bits per heavy atom. The molecule has 0 bridgehead atoms. The smallest absolute Gasteiger partial charge is 0.322 e. The first kappa shape index (κ1) is 19.6. The number of nitrogens with zero attached hydrogens (tertiary/aromatic N) is 1. The molecule has 148 valence electrons. The molecule has 9 heteroatoms. The van der Waals surface area contributed by atoms with Gasteiger partial charge in [0.2, 0.25) is 10.0 Å². The fourth-order valence-electron chi connectivity index (χ4n) is 3.47. The summed E-state index contributed by atoms with van der Waals surface area (Å²) in [5.74, 6) is -0.105. The summed E-state index contributed by atoms with van der Waals surface area (Å²) in [7, 11) is -2.36. The minimum atomic E-state index is -3.80. The summed E-state index contributed by atoms with van der Waals surface area (Å²) in [6.45, 7) is 6.31. The molecule has 2 saturated heterocycles. The summed E-state index contributed by atoms with van der Waals surface area (Å²) in [4.78, 5) is 23.6. The van der Waals surface area contributed by atoms with E-state index in [1.807, 2.05) is 26.8 Å². The fraction of sp³-hybridized carbons (Fsp3) is 0.556. The zero-order chi connectivity index (χ0) is 20.0. The molecule has 1 aromatic carbocycles. The van der Waals surface area contributed by atoms with Crippen LogP contribution in [0.3, 0.4) is 0 Å². The van der Waals surface area contributed by atoms with Gasteiger partial charge in [-0.2, -0.15) is 4.31 Å². The summed E-state index contributed by atoms with van der Waals surface area (Å²) in [5, 5.41) is 4.86. The second-order valence-corrected chi connectivity index (χ2v) is 9.92. The maximum Gasteiger partial charge on any atom is 0.322 e. The molecule has 0 aromatic heterocycles. The van der Waals surface area contributed by atoms with Crippen molar-refractivity contribution in [1.29, 1.82) is 0 Å². The van der Waals surface area contributed by atoms with E-state index in [0.29, 0.717) is 0 Å². The van der Waals surface area contributed by atoms with Crippen LogP contribution in [-0.4, -0.2) is 50.4 Å². The number of nitrogens with one attached hydrogen (secondary N) is 2. The molecule has 0 atom stereocenters. The van der Waals surface area contributed by atoms with Crippen LogP contribution >= 0.6 is 0 Å². The highest BCUT2D eigenvalue weighted by molar-refractivity contribution is 7.89.